The van der Waals surface area contributed by atoms with Gasteiger partial charge >= 0.3 is 11.9 Å². The number of rotatable bonds is 7. The van der Waals surface area contributed by atoms with E-state index in [0.717, 1.165) is 0 Å². The standard InChI is InChI=1S/C23H29ClN2O7/c1-4-32-22(29)15-7-9-25(10-8-15)21(28)14(2)33-23(30)16-11-20(27)26(13-16)18-12-17(24)5-6-19(18)31-3/h5-6,12,14-16H,4,7-11,13H2,1-3H3. The predicted octanol–water partition coefficient (Wildman–Crippen LogP) is 2.43. The molecule has 0 aromatic heterocycles. The fourth-order valence-electron chi connectivity index (χ4n) is 4.15. The number of nitrogens with zero attached hydrogens (tertiary/aromatic N) is 2. The lowest BCUT2D eigenvalue weighted by Crippen LogP contribution is -2.46. The maximum absolute atomic E-state index is 12.7. The van der Waals surface area contributed by atoms with Crippen LogP contribution in [0, 0.1) is 11.8 Å². The van der Waals surface area contributed by atoms with Crippen LogP contribution in [0.1, 0.15) is 33.1 Å². The van der Waals surface area contributed by atoms with Gasteiger partial charge in [0.15, 0.2) is 6.10 Å². The molecule has 2 saturated heterocycles. The van der Waals surface area contributed by atoms with Crippen molar-refractivity contribution in [3.8, 4) is 5.75 Å². The number of anilines is 1. The molecule has 180 valence electrons. The van der Waals surface area contributed by atoms with E-state index in [4.69, 9.17) is 25.8 Å². The summed E-state index contributed by atoms with van der Waals surface area (Å²) >= 11 is 6.07. The highest BCUT2D eigenvalue weighted by molar-refractivity contribution is 6.31. The Balaban J connectivity index is 1.55. The van der Waals surface area contributed by atoms with Crippen molar-refractivity contribution in [3.05, 3.63) is 23.2 Å². The van der Waals surface area contributed by atoms with Gasteiger partial charge in [0, 0.05) is 31.1 Å². The average molecular weight is 481 g/mol. The van der Waals surface area contributed by atoms with E-state index in [9.17, 15) is 19.2 Å². The van der Waals surface area contributed by atoms with E-state index in [0.29, 0.717) is 49.0 Å². The minimum atomic E-state index is -0.985. The zero-order valence-corrected chi connectivity index (χ0v) is 19.8. The molecule has 0 aliphatic carbocycles. The number of ether oxygens (including phenoxy) is 3. The Morgan fingerprint density at radius 2 is 1.85 bits per heavy atom. The normalized spacial score (nSPS) is 19.9. The number of methoxy groups -OCH3 is 1. The summed E-state index contributed by atoms with van der Waals surface area (Å²) in [6, 6.07) is 4.92. The van der Waals surface area contributed by atoms with Crippen molar-refractivity contribution in [2.24, 2.45) is 11.8 Å². The summed E-state index contributed by atoms with van der Waals surface area (Å²) in [4.78, 5) is 52.9. The fraction of sp³-hybridized carbons (Fsp3) is 0.565. The van der Waals surface area contributed by atoms with E-state index in [-0.39, 0.29) is 36.7 Å². The highest BCUT2D eigenvalue weighted by Gasteiger charge is 2.39. The number of piperidine rings is 1. The third-order valence-electron chi connectivity index (χ3n) is 5.96. The lowest BCUT2D eigenvalue weighted by atomic mass is 9.96. The van der Waals surface area contributed by atoms with E-state index in [2.05, 4.69) is 0 Å². The summed E-state index contributed by atoms with van der Waals surface area (Å²) in [5.74, 6) is -1.86. The summed E-state index contributed by atoms with van der Waals surface area (Å²) in [5, 5.41) is 0.440. The molecule has 0 bridgehead atoms. The Bertz CT molecular complexity index is 914. The molecule has 3 rings (SSSR count). The first kappa shape index (κ1) is 24.8. The Morgan fingerprint density at radius 3 is 2.48 bits per heavy atom. The molecule has 9 nitrogen and oxygen atoms in total. The topological polar surface area (TPSA) is 102 Å². The van der Waals surface area contributed by atoms with E-state index in [1.54, 1.807) is 30.0 Å². The van der Waals surface area contributed by atoms with Crippen LogP contribution < -0.4 is 9.64 Å². The monoisotopic (exact) mass is 480 g/mol. The molecule has 2 aliphatic rings. The van der Waals surface area contributed by atoms with Crippen molar-refractivity contribution in [1.29, 1.82) is 0 Å². The van der Waals surface area contributed by atoms with E-state index in [1.165, 1.54) is 18.9 Å². The van der Waals surface area contributed by atoms with Crippen LogP contribution in [0.3, 0.4) is 0 Å². The second-order valence-electron chi connectivity index (χ2n) is 8.15. The second kappa shape index (κ2) is 10.9. The molecule has 2 aliphatic heterocycles. The van der Waals surface area contributed by atoms with Gasteiger partial charge in [-0.25, -0.2) is 0 Å². The number of benzene rings is 1. The first-order chi connectivity index (χ1) is 15.7. The van der Waals surface area contributed by atoms with Crippen LogP contribution in [0.15, 0.2) is 18.2 Å². The van der Waals surface area contributed by atoms with Crippen LogP contribution in [0.5, 0.6) is 5.75 Å². The van der Waals surface area contributed by atoms with Gasteiger partial charge in [-0.05, 0) is 44.9 Å². The highest BCUT2D eigenvalue weighted by Crippen LogP contribution is 2.35. The molecule has 2 unspecified atom stereocenters. The molecule has 10 heteroatoms. The van der Waals surface area contributed by atoms with Crippen LogP contribution >= 0.6 is 11.6 Å². The molecule has 0 spiro atoms. The van der Waals surface area contributed by atoms with E-state index < -0.39 is 18.0 Å². The summed E-state index contributed by atoms with van der Waals surface area (Å²) in [7, 11) is 1.49. The number of amides is 2. The van der Waals surface area contributed by atoms with E-state index >= 15 is 0 Å². The van der Waals surface area contributed by atoms with Gasteiger partial charge in [-0.1, -0.05) is 11.6 Å². The summed E-state index contributed by atoms with van der Waals surface area (Å²) in [6.45, 7) is 4.51. The van der Waals surface area contributed by atoms with Gasteiger partial charge in [-0.2, -0.15) is 0 Å². The molecule has 1 aromatic carbocycles. The molecule has 2 heterocycles. The van der Waals surface area contributed by atoms with Gasteiger partial charge in [0.2, 0.25) is 5.91 Å². The third kappa shape index (κ3) is 5.76. The van der Waals surface area contributed by atoms with Gasteiger partial charge in [-0.3, -0.25) is 19.2 Å². The maximum atomic E-state index is 12.7. The quantitative estimate of drug-likeness (QED) is 0.552. The first-order valence-corrected chi connectivity index (χ1v) is 11.4. The molecule has 2 fully saturated rings. The SMILES string of the molecule is CCOC(=O)C1CCN(C(=O)C(C)OC(=O)C2CC(=O)N(c3cc(Cl)ccc3OC)C2)CC1. The van der Waals surface area contributed by atoms with Crippen LogP contribution in [0.25, 0.3) is 0 Å². The van der Waals surface area contributed by atoms with Crippen LogP contribution in [-0.2, 0) is 28.7 Å². The molecule has 2 atom stereocenters. The molecule has 0 radical (unpaired) electrons. The first-order valence-electron chi connectivity index (χ1n) is 11.0. The minimum absolute atomic E-state index is 0.0274. The van der Waals surface area contributed by atoms with Gasteiger partial charge in [0.25, 0.3) is 5.91 Å². The van der Waals surface area contributed by atoms with Gasteiger partial charge in [0.05, 0.1) is 31.2 Å². The van der Waals surface area contributed by atoms with Gasteiger partial charge < -0.3 is 24.0 Å². The number of carbonyl (C=O) groups excluding carboxylic acids is 4. The smallest absolute Gasteiger partial charge is 0.312 e. The van der Waals surface area contributed by atoms with Crippen LogP contribution in [0.2, 0.25) is 5.02 Å². The van der Waals surface area contributed by atoms with Gasteiger partial charge in [-0.15, -0.1) is 0 Å². The largest absolute Gasteiger partial charge is 0.495 e. The van der Waals surface area contributed by atoms with Crippen molar-refractivity contribution < 1.29 is 33.4 Å². The molecule has 2 amide bonds. The summed E-state index contributed by atoms with van der Waals surface area (Å²) < 4.78 is 15.8. The minimum Gasteiger partial charge on any atom is -0.495 e. The zero-order chi connectivity index (χ0) is 24.1. The van der Waals surface area contributed by atoms with Gasteiger partial charge in [0.1, 0.15) is 5.75 Å². The van der Waals surface area contributed by atoms with Crippen molar-refractivity contribution in [3.63, 3.8) is 0 Å². The van der Waals surface area contributed by atoms with Crippen LogP contribution in [0.4, 0.5) is 5.69 Å². The number of hydrogen-bond acceptors (Lipinski definition) is 7. The van der Waals surface area contributed by atoms with E-state index in [1.807, 2.05) is 0 Å². The Labute approximate surface area is 197 Å². The summed E-state index contributed by atoms with van der Waals surface area (Å²) in [6.07, 6.45) is 0.0132. The number of hydrogen-bond donors (Lipinski definition) is 0. The lowest BCUT2D eigenvalue weighted by molar-refractivity contribution is -0.163. The van der Waals surface area contributed by atoms with Crippen molar-refractivity contribution in [2.45, 2.75) is 39.2 Å². The number of likely N-dealkylation sites (tertiary alicyclic amines) is 1. The maximum Gasteiger partial charge on any atom is 0.312 e. The Morgan fingerprint density at radius 1 is 1.15 bits per heavy atom. The number of halogens is 1. The Hall–Kier alpha value is -2.81. The lowest BCUT2D eigenvalue weighted by Gasteiger charge is -2.32. The van der Waals surface area contributed by atoms with Crippen molar-refractivity contribution >= 4 is 41.0 Å². The molecular formula is C23H29ClN2O7. The number of carbonyl (C=O) groups is 4. The molecule has 0 saturated carbocycles. The van der Waals surface area contributed by atoms with Crippen molar-refractivity contribution in [2.75, 3.05) is 38.3 Å². The molecular weight excluding hydrogens is 452 g/mol. The highest BCUT2D eigenvalue weighted by atomic mass is 35.5. The second-order valence-corrected chi connectivity index (χ2v) is 8.59. The average Bonchev–Trinajstić information content (AvgIpc) is 3.20. The Kier molecular flexibility index (Phi) is 8.18. The van der Waals surface area contributed by atoms with Crippen molar-refractivity contribution in [1.82, 2.24) is 4.90 Å². The zero-order valence-electron chi connectivity index (χ0n) is 19.0. The predicted molar refractivity (Wildman–Crippen MR) is 120 cm³/mol. The fourth-order valence-corrected chi connectivity index (χ4v) is 4.31. The number of esters is 2. The summed E-state index contributed by atoms with van der Waals surface area (Å²) in [5.41, 5.74) is 0.485. The molecule has 0 N–H and O–H groups in total. The van der Waals surface area contributed by atoms with Crippen LogP contribution in [-0.4, -0.2) is 68.1 Å². The molecule has 33 heavy (non-hydrogen) atoms. The third-order valence-corrected chi connectivity index (χ3v) is 6.19. The molecule has 1 aromatic rings.